The second-order valence-electron chi connectivity index (χ2n) is 2.55. The molecular formula is C8H5BrN2O2S. The highest BCUT2D eigenvalue weighted by Gasteiger charge is 2.08. The zero-order chi connectivity index (χ0) is 10.1. The summed E-state index contributed by atoms with van der Waals surface area (Å²) < 4.78 is 0.844. The van der Waals surface area contributed by atoms with E-state index < -0.39 is 0 Å². The molecule has 0 saturated heterocycles. The highest BCUT2D eigenvalue weighted by molar-refractivity contribution is 9.10. The Morgan fingerprint density at radius 3 is 2.93 bits per heavy atom. The van der Waals surface area contributed by atoms with Gasteiger partial charge in [0, 0.05) is 4.47 Å². The molecule has 0 amide bonds. The number of hydrogen-bond donors (Lipinski definition) is 2. The molecule has 0 bridgehead atoms. The number of thiophene rings is 1. The third-order valence-electron chi connectivity index (χ3n) is 1.56. The average molecular weight is 273 g/mol. The molecule has 0 aliphatic carbocycles. The summed E-state index contributed by atoms with van der Waals surface area (Å²) in [5.74, 6) is 0.0981. The van der Waals surface area contributed by atoms with E-state index in [1.54, 1.807) is 0 Å². The van der Waals surface area contributed by atoms with Crippen LogP contribution in [0.15, 0.2) is 26.8 Å². The Hall–Kier alpha value is -1.14. The fourth-order valence-electron chi connectivity index (χ4n) is 1.02. The van der Waals surface area contributed by atoms with Crippen molar-refractivity contribution in [3.63, 3.8) is 0 Å². The van der Waals surface area contributed by atoms with Crippen LogP contribution in [0.5, 0.6) is 5.88 Å². The zero-order valence-corrected chi connectivity index (χ0v) is 9.22. The molecule has 2 aromatic heterocycles. The number of hydrogen-bond acceptors (Lipinski definition) is 4. The van der Waals surface area contributed by atoms with Crippen LogP contribution in [0.3, 0.4) is 0 Å². The van der Waals surface area contributed by atoms with Crippen molar-refractivity contribution in [1.29, 1.82) is 0 Å². The molecule has 72 valence electrons. The zero-order valence-electron chi connectivity index (χ0n) is 6.82. The first-order chi connectivity index (χ1) is 6.66. The highest BCUT2D eigenvalue weighted by atomic mass is 79.9. The second-order valence-corrected chi connectivity index (χ2v) is 4.32. The maximum Gasteiger partial charge on any atom is 0.254 e. The largest absolute Gasteiger partial charge is 0.493 e. The molecule has 0 radical (unpaired) electrons. The Balaban J connectivity index is 2.63. The minimum absolute atomic E-state index is 0.274. The SMILES string of the molecule is O=c1cc(O)nc(-c2sccc2Br)[nH]1. The summed E-state index contributed by atoms with van der Waals surface area (Å²) in [5.41, 5.74) is -0.368. The Morgan fingerprint density at radius 2 is 2.36 bits per heavy atom. The summed E-state index contributed by atoms with van der Waals surface area (Å²) in [6.45, 7) is 0. The van der Waals surface area contributed by atoms with Crippen molar-refractivity contribution < 1.29 is 5.11 Å². The molecule has 0 fully saturated rings. The molecule has 2 N–H and O–H groups in total. The van der Waals surface area contributed by atoms with E-state index in [0.717, 1.165) is 15.4 Å². The summed E-state index contributed by atoms with van der Waals surface area (Å²) >= 11 is 4.75. The first-order valence-corrected chi connectivity index (χ1v) is 5.38. The number of aromatic hydroxyl groups is 1. The number of aromatic nitrogens is 2. The molecule has 0 aliphatic heterocycles. The minimum Gasteiger partial charge on any atom is -0.493 e. The topological polar surface area (TPSA) is 66.0 Å². The third kappa shape index (κ3) is 1.71. The molecular weight excluding hydrogens is 268 g/mol. The summed E-state index contributed by atoms with van der Waals surface area (Å²) in [7, 11) is 0. The van der Waals surface area contributed by atoms with Crippen molar-refractivity contribution in [2.45, 2.75) is 0 Å². The standard InChI is InChI=1S/C8H5BrN2O2S/c9-4-1-2-14-7(4)8-10-5(12)3-6(13)11-8/h1-3H,(H2,10,11,12,13). The fraction of sp³-hybridized carbons (Fsp3) is 0. The van der Waals surface area contributed by atoms with Gasteiger partial charge in [-0.2, -0.15) is 4.98 Å². The van der Waals surface area contributed by atoms with Gasteiger partial charge >= 0.3 is 0 Å². The quantitative estimate of drug-likeness (QED) is 0.834. The molecule has 4 nitrogen and oxygen atoms in total. The molecule has 0 atom stereocenters. The van der Waals surface area contributed by atoms with Gasteiger partial charge < -0.3 is 10.1 Å². The molecule has 6 heteroatoms. The Labute approximate surface area is 91.4 Å². The van der Waals surface area contributed by atoms with Crippen LogP contribution in [-0.4, -0.2) is 15.1 Å². The molecule has 2 rings (SSSR count). The van der Waals surface area contributed by atoms with Crippen molar-refractivity contribution in [2.75, 3.05) is 0 Å². The van der Waals surface area contributed by atoms with E-state index in [1.165, 1.54) is 11.3 Å². The van der Waals surface area contributed by atoms with Crippen LogP contribution in [-0.2, 0) is 0 Å². The van der Waals surface area contributed by atoms with Gasteiger partial charge in [-0.1, -0.05) is 0 Å². The average Bonchev–Trinajstić information content (AvgIpc) is 2.49. The first-order valence-electron chi connectivity index (χ1n) is 3.70. The summed E-state index contributed by atoms with van der Waals surface area (Å²) in [6.07, 6.45) is 0. The molecule has 2 heterocycles. The van der Waals surface area contributed by atoms with Gasteiger partial charge in [0.1, 0.15) is 0 Å². The molecule has 14 heavy (non-hydrogen) atoms. The normalized spacial score (nSPS) is 10.4. The van der Waals surface area contributed by atoms with Crippen molar-refractivity contribution >= 4 is 27.3 Å². The molecule has 0 spiro atoms. The van der Waals surface area contributed by atoms with Crippen LogP contribution in [0.25, 0.3) is 10.7 Å². The lowest BCUT2D eigenvalue weighted by atomic mass is 10.4. The van der Waals surface area contributed by atoms with E-state index in [0.29, 0.717) is 5.82 Å². The van der Waals surface area contributed by atoms with E-state index >= 15 is 0 Å². The highest BCUT2D eigenvalue weighted by Crippen LogP contribution is 2.30. The van der Waals surface area contributed by atoms with Crippen molar-refractivity contribution in [2.24, 2.45) is 0 Å². The fourth-order valence-corrected chi connectivity index (χ4v) is 2.52. The number of nitrogens with one attached hydrogen (secondary N) is 1. The monoisotopic (exact) mass is 272 g/mol. The third-order valence-corrected chi connectivity index (χ3v) is 3.40. The smallest absolute Gasteiger partial charge is 0.254 e. The predicted molar refractivity (Wildman–Crippen MR) is 57.5 cm³/mol. The Morgan fingerprint density at radius 1 is 1.57 bits per heavy atom. The molecule has 0 unspecified atom stereocenters. The van der Waals surface area contributed by atoms with Gasteiger partial charge in [-0.25, -0.2) is 0 Å². The van der Waals surface area contributed by atoms with Crippen molar-refractivity contribution in [3.8, 4) is 16.6 Å². The second kappa shape index (κ2) is 3.55. The lowest BCUT2D eigenvalue weighted by Gasteiger charge is -1.97. The lowest BCUT2D eigenvalue weighted by molar-refractivity contribution is 0.452. The Bertz CT molecular complexity index is 520. The van der Waals surface area contributed by atoms with E-state index in [1.807, 2.05) is 11.4 Å². The van der Waals surface area contributed by atoms with E-state index in [9.17, 15) is 4.79 Å². The summed E-state index contributed by atoms with van der Waals surface area (Å²) in [4.78, 5) is 18.2. The van der Waals surface area contributed by atoms with E-state index in [-0.39, 0.29) is 11.4 Å². The maximum atomic E-state index is 11.1. The number of rotatable bonds is 1. The van der Waals surface area contributed by atoms with Gasteiger partial charge in [-0.15, -0.1) is 11.3 Å². The first kappa shape index (κ1) is 9.42. The van der Waals surface area contributed by atoms with Gasteiger partial charge in [0.25, 0.3) is 5.56 Å². The van der Waals surface area contributed by atoms with Crippen LogP contribution in [0, 0.1) is 0 Å². The van der Waals surface area contributed by atoms with Crippen LogP contribution in [0.2, 0.25) is 0 Å². The van der Waals surface area contributed by atoms with Crippen LogP contribution < -0.4 is 5.56 Å². The van der Waals surface area contributed by atoms with Crippen LogP contribution in [0.1, 0.15) is 0 Å². The molecule has 0 aliphatic rings. The van der Waals surface area contributed by atoms with Gasteiger partial charge in [0.05, 0.1) is 10.9 Å². The van der Waals surface area contributed by atoms with E-state index in [2.05, 4.69) is 25.9 Å². The van der Waals surface area contributed by atoms with E-state index in [4.69, 9.17) is 5.11 Å². The molecule has 0 aromatic carbocycles. The molecule has 2 aromatic rings. The van der Waals surface area contributed by atoms with Gasteiger partial charge in [0.2, 0.25) is 5.88 Å². The van der Waals surface area contributed by atoms with Crippen molar-refractivity contribution in [1.82, 2.24) is 9.97 Å². The van der Waals surface area contributed by atoms with Gasteiger partial charge in [-0.3, -0.25) is 4.79 Å². The minimum atomic E-state index is -0.368. The lowest BCUT2D eigenvalue weighted by Crippen LogP contribution is -2.06. The predicted octanol–water partition coefficient (Wildman–Crippen LogP) is 1.97. The van der Waals surface area contributed by atoms with Crippen molar-refractivity contribution in [3.05, 3.63) is 32.3 Å². The number of H-pyrrole nitrogens is 1. The molecule has 0 saturated carbocycles. The number of halogens is 1. The van der Waals surface area contributed by atoms with Crippen LogP contribution >= 0.6 is 27.3 Å². The Kier molecular flexibility index (Phi) is 2.39. The number of aromatic amines is 1. The van der Waals surface area contributed by atoms with Crippen LogP contribution in [0.4, 0.5) is 0 Å². The number of nitrogens with zero attached hydrogens (tertiary/aromatic N) is 1. The maximum absolute atomic E-state index is 11.1. The van der Waals surface area contributed by atoms with Gasteiger partial charge in [0.15, 0.2) is 5.82 Å². The summed E-state index contributed by atoms with van der Waals surface area (Å²) in [5, 5.41) is 11.0. The summed E-state index contributed by atoms with van der Waals surface area (Å²) in [6, 6.07) is 2.88. The van der Waals surface area contributed by atoms with Gasteiger partial charge in [-0.05, 0) is 27.4 Å².